The SMILES string of the molecule is O=C(N[C@H](CS)C(=O)O)c1cccc2c1Cc1ccccc1-2. The van der Waals surface area contributed by atoms with Gasteiger partial charge in [0.25, 0.3) is 5.91 Å². The summed E-state index contributed by atoms with van der Waals surface area (Å²) in [6.07, 6.45) is 0.688. The molecule has 22 heavy (non-hydrogen) atoms. The summed E-state index contributed by atoms with van der Waals surface area (Å²) in [7, 11) is 0. The number of carbonyl (C=O) groups is 2. The standard InChI is InChI=1S/C17H15NO3S/c19-16(18-15(9-22)17(20)21)13-7-3-6-12-11-5-2-1-4-10(11)8-14(12)13/h1-7,15,22H,8-9H2,(H,18,19)(H,20,21)/t15-/m1/s1. The topological polar surface area (TPSA) is 66.4 Å². The molecule has 5 heteroatoms. The number of benzene rings is 2. The second-order valence-electron chi connectivity index (χ2n) is 5.21. The lowest BCUT2D eigenvalue weighted by atomic mass is 10.0. The molecule has 2 aromatic carbocycles. The number of hydrogen-bond acceptors (Lipinski definition) is 3. The lowest BCUT2D eigenvalue weighted by Crippen LogP contribution is -2.42. The van der Waals surface area contributed by atoms with Crippen molar-refractivity contribution in [2.45, 2.75) is 12.5 Å². The Kier molecular flexibility index (Phi) is 3.90. The first kappa shape index (κ1) is 14.7. The zero-order valence-electron chi connectivity index (χ0n) is 11.7. The zero-order chi connectivity index (χ0) is 15.7. The lowest BCUT2D eigenvalue weighted by Gasteiger charge is -2.14. The molecule has 0 radical (unpaired) electrons. The van der Waals surface area contributed by atoms with Gasteiger partial charge in [-0.15, -0.1) is 0 Å². The molecule has 1 aliphatic rings. The monoisotopic (exact) mass is 313 g/mol. The van der Waals surface area contributed by atoms with Gasteiger partial charge in [-0.05, 0) is 34.7 Å². The van der Waals surface area contributed by atoms with E-state index in [0.717, 1.165) is 16.7 Å². The molecule has 3 rings (SSSR count). The molecule has 4 nitrogen and oxygen atoms in total. The Balaban J connectivity index is 1.95. The Morgan fingerprint density at radius 1 is 1.14 bits per heavy atom. The van der Waals surface area contributed by atoms with Crippen LogP contribution in [0.5, 0.6) is 0 Å². The normalized spacial score (nSPS) is 13.1. The summed E-state index contributed by atoms with van der Waals surface area (Å²) in [5, 5.41) is 11.6. The van der Waals surface area contributed by atoms with Crippen molar-refractivity contribution in [2.75, 3.05) is 5.75 Å². The van der Waals surface area contributed by atoms with Gasteiger partial charge in [0, 0.05) is 11.3 Å². The van der Waals surface area contributed by atoms with Crippen LogP contribution in [-0.4, -0.2) is 28.8 Å². The number of aliphatic carboxylic acids is 1. The quantitative estimate of drug-likeness (QED) is 0.648. The van der Waals surface area contributed by atoms with Crippen LogP contribution in [0, 0.1) is 0 Å². The summed E-state index contributed by atoms with van der Waals surface area (Å²) >= 11 is 3.97. The predicted octanol–water partition coefficient (Wildman–Crippen LogP) is 2.37. The van der Waals surface area contributed by atoms with Crippen LogP contribution in [0.25, 0.3) is 11.1 Å². The van der Waals surface area contributed by atoms with Crippen LogP contribution >= 0.6 is 12.6 Å². The van der Waals surface area contributed by atoms with E-state index in [0.29, 0.717) is 12.0 Å². The van der Waals surface area contributed by atoms with Crippen molar-refractivity contribution < 1.29 is 14.7 Å². The van der Waals surface area contributed by atoms with Gasteiger partial charge >= 0.3 is 5.97 Å². The minimum atomic E-state index is -1.08. The van der Waals surface area contributed by atoms with E-state index < -0.39 is 12.0 Å². The summed E-state index contributed by atoms with van der Waals surface area (Å²) in [6, 6.07) is 12.6. The van der Waals surface area contributed by atoms with E-state index in [2.05, 4.69) is 17.9 Å². The maximum absolute atomic E-state index is 12.4. The van der Waals surface area contributed by atoms with Crippen LogP contribution in [0.4, 0.5) is 0 Å². The van der Waals surface area contributed by atoms with Gasteiger partial charge in [-0.1, -0.05) is 36.4 Å². The van der Waals surface area contributed by atoms with E-state index in [4.69, 9.17) is 5.11 Å². The molecule has 0 aromatic heterocycles. The Morgan fingerprint density at radius 3 is 2.59 bits per heavy atom. The first-order valence-corrected chi connectivity index (χ1v) is 7.59. The second kappa shape index (κ2) is 5.85. The average molecular weight is 313 g/mol. The zero-order valence-corrected chi connectivity index (χ0v) is 12.6. The fourth-order valence-corrected chi connectivity index (χ4v) is 3.04. The van der Waals surface area contributed by atoms with Crippen molar-refractivity contribution >= 4 is 24.5 Å². The molecule has 112 valence electrons. The third-order valence-corrected chi connectivity index (χ3v) is 4.25. The average Bonchev–Trinajstić information content (AvgIpc) is 2.90. The predicted molar refractivity (Wildman–Crippen MR) is 87.4 cm³/mol. The summed E-state index contributed by atoms with van der Waals surface area (Å²) in [4.78, 5) is 23.5. The highest BCUT2D eigenvalue weighted by molar-refractivity contribution is 7.80. The van der Waals surface area contributed by atoms with Crippen molar-refractivity contribution in [3.63, 3.8) is 0 Å². The lowest BCUT2D eigenvalue weighted by molar-refractivity contribution is -0.138. The fraction of sp³-hybridized carbons (Fsp3) is 0.176. The minimum Gasteiger partial charge on any atom is -0.480 e. The van der Waals surface area contributed by atoms with E-state index in [1.165, 1.54) is 5.56 Å². The van der Waals surface area contributed by atoms with Gasteiger partial charge in [-0.25, -0.2) is 4.79 Å². The third kappa shape index (κ3) is 2.48. The number of carboxylic acids is 1. The maximum atomic E-state index is 12.4. The Bertz CT molecular complexity index is 757. The van der Waals surface area contributed by atoms with E-state index in [1.54, 1.807) is 6.07 Å². The molecule has 2 aromatic rings. The van der Waals surface area contributed by atoms with Crippen LogP contribution in [0.2, 0.25) is 0 Å². The molecule has 0 fully saturated rings. The Hall–Kier alpha value is -2.27. The smallest absolute Gasteiger partial charge is 0.327 e. The molecular formula is C17H15NO3S. The van der Waals surface area contributed by atoms with E-state index >= 15 is 0 Å². The van der Waals surface area contributed by atoms with Gasteiger partial charge in [0.2, 0.25) is 0 Å². The van der Waals surface area contributed by atoms with Crippen LogP contribution in [0.15, 0.2) is 42.5 Å². The highest BCUT2D eigenvalue weighted by atomic mass is 32.1. The summed E-state index contributed by atoms with van der Waals surface area (Å²) in [6.45, 7) is 0. The molecule has 2 N–H and O–H groups in total. The molecule has 0 bridgehead atoms. The van der Waals surface area contributed by atoms with Gasteiger partial charge in [0.05, 0.1) is 0 Å². The van der Waals surface area contributed by atoms with Crippen LogP contribution in [-0.2, 0) is 11.2 Å². The molecular weight excluding hydrogens is 298 g/mol. The molecule has 1 amide bonds. The number of carbonyl (C=O) groups excluding carboxylic acids is 1. The number of carboxylic acid groups (broad SMARTS) is 1. The van der Waals surface area contributed by atoms with Gasteiger partial charge in [0.15, 0.2) is 0 Å². The largest absolute Gasteiger partial charge is 0.480 e. The van der Waals surface area contributed by atoms with Crippen molar-refractivity contribution in [1.29, 1.82) is 0 Å². The molecule has 0 saturated heterocycles. The first-order valence-electron chi connectivity index (χ1n) is 6.96. The first-order chi connectivity index (χ1) is 10.6. The number of rotatable bonds is 4. The summed E-state index contributed by atoms with van der Waals surface area (Å²) in [5.41, 5.74) is 4.84. The van der Waals surface area contributed by atoms with Crippen LogP contribution < -0.4 is 5.32 Å². The highest BCUT2D eigenvalue weighted by Crippen LogP contribution is 2.37. The number of hydrogen-bond donors (Lipinski definition) is 3. The van der Waals surface area contributed by atoms with Crippen molar-refractivity contribution in [3.05, 3.63) is 59.2 Å². The van der Waals surface area contributed by atoms with E-state index in [1.807, 2.05) is 36.4 Å². The third-order valence-electron chi connectivity index (χ3n) is 3.88. The number of amides is 1. The summed E-state index contributed by atoms with van der Waals surface area (Å²) in [5.74, 6) is -1.40. The van der Waals surface area contributed by atoms with Gasteiger partial charge in [-0.3, -0.25) is 4.79 Å². The number of fused-ring (bicyclic) bond motifs is 3. The van der Waals surface area contributed by atoms with Crippen LogP contribution in [0.1, 0.15) is 21.5 Å². The van der Waals surface area contributed by atoms with Crippen molar-refractivity contribution in [1.82, 2.24) is 5.32 Å². The molecule has 0 saturated carbocycles. The van der Waals surface area contributed by atoms with Crippen molar-refractivity contribution in [2.24, 2.45) is 0 Å². The molecule has 1 aliphatic carbocycles. The Morgan fingerprint density at radius 2 is 1.86 bits per heavy atom. The highest BCUT2D eigenvalue weighted by Gasteiger charge is 2.25. The number of thiol groups is 1. The molecule has 0 spiro atoms. The molecule has 1 atom stereocenters. The summed E-state index contributed by atoms with van der Waals surface area (Å²) < 4.78 is 0. The van der Waals surface area contributed by atoms with Crippen molar-refractivity contribution in [3.8, 4) is 11.1 Å². The van der Waals surface area contributed by atoms with Gasteiger partial charge in [-0.2, -0.15) is 12.6 Å². The molecule has 0 aliphatic heterocycles. The molecule has 0 unspecified atom stereocenters. The fourth-order valence-electron chi connectivity index (χ4n) is 2.79. The van der Waals surface area contributed by atoms with E-state index in [-0.39, 0.29) is 11.7 Å². The maximum Gasteiger partial charge on any atom is 0.327 e. The van der Waals surface area contributed by atoms with Gasteiger partial charge < -0.3 is 10.4 Å². The Labute approximate surface area is 133 Å². The number of nitrogens with one attached hydrogen (secondary N) is 1. The molecule has 0 heterocycles. The minimum absolute atomic E-state index is 0.0519. The van der Waals surface area contributed by atoms with Crippen LogP contribution in [0.3, 0.4) is 0 Å². The second-order valence-corrected chi connectivity index (χ2v) is 5.58. The van der Waals surface area contributed by atoms with Gasteiger partial charge in [0.1, 0.15) is 6.04 Å². The van der Waals surface area contributed by atoms with E-state index in [9.17, 15) is 9.59 Å².